The molecule has 1 aromatic rings. The largest absolute Gasteiger partial charge is 0.489 e. The topological polar surface area (TPSA) is 51.7 Å². The molecule has 0 spiro atoms. The first-order valence-electron chi connectivity index (χ1n) is 7.72. The minimum atomic E-state index is -0.307. The Kier molecular flexibility index (Phi) is 4.16. The molecule has 0 aromatic carbocycles. The summed E-state index contributed by atoms with van der Waals surface area (Å²) in [5.41, 5.74) is -0.307. The molecular formula is C17H22N2O3. The monoisotopic (exact) mass is 302 g/mol. The van der Waals surface area contributed by atoms with E-state index < -0.39 is 0 Å². The van der Waals surface area contributed by atoms with Gasteiger partial charge in [0.15, 0.2) is 0 Å². The molecule has 0 aliphatic carbocycles. The number of aromatic nitrogens is 1. The molecule has 0 radical (unpaired) electrons. The van der Waals surface area contributed by atoms with E-state index in [1.165, 1.54) is 6.08 Å². The highest BCUT2D eigenvalue weighted by atomic mass is 16.6. The lowest BCUT2D eigenvalue weighted by molar-refractivity contribution is -0.129. The predicted octanol–water partition coefficient (Wildman–Crippen LogP) is 2.04. The molecule has 3 heterocycles. The van der Waals surface area contributed by atoms with Crippen molar-refractivity contribution < 1.29 is 14.3 Å². The molecule has 0 bridgehead atoms. The normalized spacial score (nSPS) is 30.7. The number of piperidine rings is 1. The molecule has 0 unspecified atom stereocenters. The summed E-state index contributed by atoms with van der Waals surface area (Å²) in [5.74, 6) is 1.14. The summed E-state index contributed by atoms with van der Waals surface area (Å²) in [6, 6.07) is 3.74. The SMILES string of the molecule is C=CC(=O)N1CC[C@@H]2O[C@@](C)(COc3cccnc3)C[C@@H]2C1. The molecule has 118 valence electrons. The number of hydrogen-bond donors (Lipinski definition) is 0. The smallest absolute Gasteiger partial charge is 0.245 e. The van der Waals surface area contributed by atoms with E-state index in [4.69, 9.17) is 9.47 Å². The summed E-state index contributed by atoms with van der Waals surface area (Å²) in [5, 5.41) is 0. The molecule has 3 rings (SSSR count). The number of likely N-dealkylation sites (tertiary alicyclic amines) is 1. The van der Waals surface area contributed by atoms with Gasteiger partial charge in [-0.25, -0.2) is 0 Å². The van der Waals surface area contributed by atoms with Gasteiger partial charge in [0.25, 0.3) is 0 Å². The van der Waals surface area contributed by atoms with Gasteiger partial charge in [-0.1, -0.05) is 6.58 Å². The van der Waals surface area contributed by atoms with E-state index in [1.807, 2.05) is 17.0 Å². The van der Waals surface area contributed by atoms with Gasteiger partial charge in [0.05, 0.1) is 12.3 Å². The Bertz CT molecular complexity index is 548. The van der Waals surface area contributed by atoms with Gasteiger partial charge in [0.1, 0.15) is 18.0 Å². The van der Waals surface area contributed by atoms with Gasteiger partial charge in [0, 0.05) is 25.2 Å². The molecular weight excluding hydrogens is 280 g/mol. The van der Waals surface area contributed by atoms with Crippen LogP contribution in [0, 0.1) is 5.92 Å². The van der Waals surface area contributed by atoms with Crippen LogP contribution in [-0.4, -0.2) is 47.2 Å². The number of carbonyl (C=O) groups excluding carboxylic acids is 1. The van der Waals surface area contributed by atoms with Gasteiger partial charge in [0.2, 0.25) is 5.91 Å². The van der Waals surface area contributed by atoms with E-state index in [1.54, 1.807) is 12.4 Å². The third kappa shape index (κ3) is 3.14. The van der Waals surface area contributed by atoms with Crippen molar-refractivity contribution in [3.8, 4) is 5.75 Å². The molecule has 0 saturated carbocycles. The second kappa shape index (κ2) is 6.08. The van der Waals surface area contributed by atoms with Crippen molar-refractivity contribution in [1.29, 1.82) is 0 Å². The van der Waals surface area contributed by atoms with Crippen LogP contribution < -0.4 is 4.74 Å². The maximum absolute atomic E-state index is 11.8. The molecule has 3 atom stereocenters. The highest BCUT2D eigenvalue weighted by molar-refractivity contribution is 5.87. The number of ether oxygens (including phenoxy) is 2. The number of carbonyl (C=O) groups is 1. The van der Waals surface area contributed by atoms with Gasteiger partial charge >= 0.3 is 0 Å². The van der Waals surface area contributed by atoms with E-state index in [2.05, 4.69) is 18.5 Å². The molecule has 22 heavy (non-hydrogen) atoms. The maximum Gasteiger partial charge on any atom is 0.245 e. The Morgan fingerprint density at radius 1 is 1.68 bits per heavy atom. The zero-order chi connectivity index (χ0) is 15.6. The molecule has 5 nitrogen and oxygen atoms in total. The number of hydrogen-bond acceptors (Lipinski definition) is 4. The van der Waals surface area contributed by atoms with Gasteiger partial charge in [-0.2, -0.15) is 0 Å². The second-order valence-electron chi connectivity index (χ2n) is 6.32. The van der Waals surface area contributed by atoms with Crippen molar-refractivity contribution in [2.45, 2.75) is 31.5 Å². The van der Waals surface area contributed by atoms with Crippen molar-refractivity contribution in [2.75, 3.05) is 19.7 Å². The fraction of sp³-hybridized carbons (Fsp3) is 0.529. The molecule has 1 amide bonds. The maximum atomic E-state index is 11.8. The fourth-order valence-electron chi connectivity index (χ4n) is 3.42. The van der Waals surface area contributed by atoms with E-state index in [0.717, 1.165) is 31.7 Å². The fourth-order valence-corrected chi connectivity index (χ4v) is 3.42. The lowest BCUT2D eigenvalue weighted by Gasteiger charge is -2.33. The molecule has 2 aliphatic rings. The van der Waals surface area contributed by atoms with Gasteiger partial charge in [-0.05, 0) is 38.0 Å². The minimum Gasteiger partial charge on any atom is -0.489 e. The van der Waals surface area contributed by atoms with Crippen LogP contribution in [0.4, 0.5) is 0 Å². The highest BCUT2D eigenvalue weighted by Gasteiger charge is 2.46. The molecule has 5 heteroatoms. The van der Waals surface area contributed by atoms with Crippen molar-refractivity contribution in [2.24, 2.45) is 5.92 Å². The standard InChI is InChI=1S/C17H22N2O3/c1-3-16(20)19-8-6-15-13(11-19)9-17(2,22-15)12-21-14-5-4-7-18-10-14/h3-5,7,10,13,15H,1,6,8-9,11-12H2,2H3/t13-,15+,17-/m1/s1. The number of amides is 1. The Balaban J connectivity index is 1.59. The van der Waals surface area contributed by atoms with E-state index in [-0.39, 0.29) is 17.6 Å². The number of rotatable bonds is 4. The number of pyridine rings is 1. The van der Waals surface area contributed by atoms with Crippen LogP contribution in [0.15, 0.2) is 37.2 Å². The minimum absolute atomic E-state index is 0.0127. The number of fused-ring (bicyclic) bond motifs is 1. The summed E-state index contributed by atoms with van der Waals surface area (Å²) in [6.07, 6.45) is 6.82. The van der Waals surface area contributed by atoms with Crippen LogP contribution in [0.25, 0.3) is 0 Å². The Labute approximate surface area is 130 Å². The molecule has 2 saturated heterocycles. The van der Waals surface area contributed by atoms with Gasteiger partial charge in [-0.15, -0.1) is 0 Å². The number of nitrogens with zero attached hydrogens (tertiary/aromatic N) is 2. The first-order valence-corrected chi connectivity index (χ1v) is 7.72. The van der Waals surface area contributed by atoms with Crippen LogP contribution in [0.3, 0.4) is 0 Å². The zero-order valence-corrected chi connectivity index (χ0v) is 12.9. The molecule has 2 fully saturated rings. The Hall–Kier alpha value is -1.88. The summed E-state index contributed by atoms with van der Waals surface area (Å²) in [7, 11) is 0. The Morgan fingerprint density at radius 3 is 3.27 bits per heavy atom. The lowest BCUT2D eigenvalue weighted by Crippen LogP contribution is -2.43. The molecule has 0 N–H and O–H groups in total. The van der Waals surface area contributed by atoms with E-state index >= 15 is 0 Å². The van der Waals surface area contributed by atoms with Crippen molar-refractivity contribution >= 4 is 5.91 Å². The van der Waals surface area contributed by atoms with Gasteiger partial charge < -0.3 is 14.4 Å². The highest BCUT2D eigenvalue weighted by Crippen LogP contribution is 2.39. The predicted molar refractivity (Wildman–Crippen MR) is 82.5 cm³/mol. The van der Waals surface area contributed by atoms with Crippen molar-refractivity contribution in [1.82, 2.24) is 9.88 Å². The third-order valence-corrected chi connectivity index (χ3v) is 4.46. The average molecular weight is 302 g/mol. The second-order valence-corrected chi connectivity index (χ2v) is 6.32. The summed E-state index contributed by atoms with van der Waals surface area (Å²) >= 11 is 0. The quantitative estimate of drug-likeness (QED) is 0.799. The van der Waals surface area contributed by atoms with Crippen LogP contribution in [0.5, 0.6) is 5.75 Å². The summed E-state index contributed by atoms with van der Waals surface area (Å²) in [6.45, 7) is 7.64. The first kappa shape index (κ1) is 15.0. The first-order chi connectivity index (χ1) is 10.6. The lowest BCUT2D eigenvalue weighted by atomic mass is 9.89. The van der Waals surface area contributed by atoms with Gasteiger partial charge in [-0.3, -0.25) is 9.78 Å². The van der Waals surface area contributed by atoms with E-state index in [0.29, 0.717) is 12.5 Å². The van der Waals surface area contributed by atoms with Crippen LogP contribution in [0.1, 0.15) is 19.8 Å². The average Bonchev–Trinajstić information content (AvgIpc) is 2.89. The summed E-state index contributed by atoms with van der Waals surface area (Å²) < 4.78 is 12.0. The van der Waals surface area contributed by atoms with E-state index in [9.17, 15) is 4.79 Å². The molecule has 1 aromatic heterocycles. The van der Waals surface area contributed by atoms with Crippen molar-refractivity contribution in [3.05, 3.63) is 37.2 Å². The van der Waals surface area contributed by atoms with Crippen LogP contribution >= 0.6 is 0 Å². The summed E-state index contributed by atoms with van der Waals surface area (Å²) in [4.78, 5) is 17.7. The van der Waals surface area contributed by atoms with Crippen LogP contribution in [-0.2, 0) is 9.53 Å². The van der Waals surface area contributed by atoms with Crippen LogP contribution in [0.2, 0.25) is 0 Å². The third-order valence-electron chi connectivity index (χ3n) is 4.46. The Morgan fingerprint density at radius 2 is 2.55 bits per heavy atom. The zero-order valence-electron chi connectivity index (χ0n) is 12.9. The van der Waals surface area contributed by atoms with Crippen molar-refractivity contribution in [3.63, 3.8) is 0 Å². The molecule has 2 aliphatic heterocycles.